The molecule has 1 atom stereocenters. The van der Waals surface area contributed by atoms with Crippen LogP contribution in [0, 0.1) is 5.41 Å². The summed E-state index contributed by atoms with van der Waals surface area (Å²) in [6.07, 6.45) is -10.2. The lowest BCUT2D eigenvalue weighted by molar-refractivity contribution is -0.143. The molecule has 0 spiro atoms. The first-order chi connectivity index (χ1) is 17.4. The van der Waals surface area contributed by atoms with Crippen LogP contribution < -0.4 is 21.5 Å². The van der Waals surface area contributed by atoms with Crippen LogP contribution in [0.1, 0.15) is 37.5 Å². The van der Waals surface area contributed by atoms with Gasteiger partial charge in [-0.05, 0) is 29.2 Å². The second kappa shape index (κ2) is 10.1. The lowest BCUT2D eigenvalue weighted by atomic mass is 9.85. The first kappa shape index (κ1) is 28.7. The standard InChI is InChI=1S/C26H25F6N3O3/c1-24(2,3)22(23(38)35(4)13-14-8-6-5-7-9-14)34-19-18(20(36)21(19)37)33-17-11-15(25(27,28)29)10-16(12-17)26(30,31)32/h5-12,22,33-34H,13H2,1-4H3/t22-/m1/s1. The summed E-state index contributed by atoms with van der Waals surface area (Å²) in [6, 6.07) is 8.72. The molecule has 1 amide bonds. The minimum atomic E-state index is -5.10. The fourth-order valence-electron chi connectivity index (χ4n) is 3.77. The number of carbonyl (C=O) groups is 1. The molecule has 3 aromatic carbocycles. The van der Waals surface area contributed by atoms with Gasteiger partial charge < -0.3 is 15.5 Å². The van der Waals surface area contributed by atoms with E-state index in [4.69, 9.17) is 0 Å². The SMILES string of the molecule is CN(Cc1ccccc1)C(=O)[C@@H](Nc1c(Nc2cc(C(F)(F)F)cc(C(F)(F)F)c2)c(=O)c1=O)C(C)(C)C. The summed E-state index contributed by atoms with van der Waals surface area (Å²) in [5.41, 5.74) is -6.98. The van der Waals surface area contributed by atoms with Crippen molar-refractivity contribution in [1.29, 1.82) is 0 Å². The van der Waals surface area contributed by atoms with E-state index >= 15 is 0 Å². The van der Waals surface area contributed by atoms with Crippen molar-refractivity contribution in [3.8, 4) is 0 Å². The van der Waals surface area contributed by atoms with Crippen molar-refractivity contribution in [3.63, 3.8) is 0 Å². The van der Waals surface area contributed by atoms with E-state index in [0.29, 0.717) is 12.1 Å². The lowest BCUT2D eigenvalue weighted by Crippen LogP contribution is -2.50. The Labute approximate surface area is 214 Å². The van der Waals surface area contributed by atoms with Crippen LogP contribution in [-0.4, -0.2) is 23.9 Å². The van der Waals surface area contributed by atoms with Crippen molar-refractivity contribution in [3.05, 3.63) is 85.7 Å². The topological polar surface area (TPSA) is 78.5 Å². The van der Waals surface area contributed by atoms with E-state index in [9.17, 15) is 40.7 Å². The highest BCUT2D eigenvalue weighted by Crippen LogP contribution is 2.38. The molecule has 38 heavy (non-hydrogen) atoms. The van der Waals surface area contributed by atoms with Gasteiger partial charge in [-0.2, -0.15) is 26.3 Å². The molecule has 0 aliphatic carbocycles. The summed E-state index contributed by atoms with van der Waals surface area (Å²) in [7, 11) is 1.54. The smallest absolute Gasteiger partial charge is 0.368 e. The van der Waals surface area contributed by atoms with Gasteiger partial charge in [0.2, 0.25) is 5.91 Å². The van der Waals surface area contributed by atoms with Gasteiger partial charge in [0.1, 0.15) is 17.4 Å². The number of hydrogen-bond donors (Lipinski definition) is 2. The highest BCUT2D eigenvalue weighted by atomic mass is 19.4. The summed E-state index contributed by atoms with van der Waals surface area (Å²) in [5, 5.41) is 4.93. The molecule has 0 aromatic heterocycles. The Hall–Kier alpha value is -3.83. The number of likely N-dealkylation sites (N-methyl/N-ethyl adjacent to an activating group) is 1. The van der Waals surface area contributed by atoms with Crippen LogP contribution in [0.3, 0.4) is 0 Å². The van der Waals surface area contributed by atoms with Gasteiger partial charge >= 0.3 is 12.4 Å². The molecular formula is C26H25F6N3O3. The van der Waals surface area contributed by atoms with Crippen LogP contribution in [0.2, 0.25) is 0 Å². The number of carbonyl (C=O) groups excluding carboxylic acids is 1. The van der Waals surface area contributed by atoms with Gasteiger partial charge in [-0.15, -0.1) is 0 Å². The Morgan fingerprint density at radius 1 is 0.842 bits per heavy atom. The average Bonchev–Trinajstić information content (AvgIpc) is 2.81. The number of benzene rings is 2. The van der Waals surface area contributed by atoms with Gasteiger partial charge in [0.15, 0.2) is 0 Å². The first-order valence-electron chi connectivity index (χ1n) is 11.3. The predicted molar refractivity (Wildman–Crippen MR) is 131 cm³/mol. The summed E-state index contributed by atoms with van der Waals surface area (Å²) >= 11 is 0. The van der Waals surface area contributed by atoms with Gasteiger partial charge in [-0.1, -0.05) is 51.1 Å². The molecule has 0 fully saturated rings. The Balaban J connectivity index is 1.94. The maximum Gasteiger partial charge on any atom is 0.416 e. The number of rotatable bonds is 7. The third-order valence-electron chi connectivity index (χ3n) is 5.81. The van der Waals surface area contributed by atoms with Gasteiger partial charge in [-0.25, -0.2) is 0 Å². The Bertz CT molecular complexity index is 1350. The molecule has 2 N–H and O–H groups in total. The maximum atomic E-state index is 13.3. The number of anilines is 3. The van der Waals surface area contributed by atoms with Crippen LogP contribution >= 0.6 is 0 Å². The molecule has 0 bridgehead atoms. The highest BCUT2D eigenvalue weighted by molar-refractivity contribution is 5.88. The molecule has 6 nitrogen and oxygen atoms in total. The number of hydrogen-bond acceptors (Lipinski definition) is 5. The number of alkyl halides is 6. The Kier molecular flexibility index (Phi) is 7.67. The van der Waals surface area contributed by atoms with E-state index in [-0.39, 0.29) is 12.6 Å². The molecule has 3 aromatic rings. The van der Waals surface area contributed by atoms with Crippen molar-refractivity contribution >= 4 is 23.0 Å². The lowest BCUT2D eigenvalue weighted by Gasteiger charge is -2.35. The highest BCUT2D eigenvalue weighted by Gasteiger charge is 2.38. The van der Waals surface area contributed by atoms with Gasteiger partial charge in [0.25, 0.3) is 10.9 Å². The van der Waals surface area contributed by atoms with Crippen molar-refractivity contribution < 1.29 is 31.1 Å². The molecule has 0 aliphatic heterocycles. The average molecular weight is 541 g/mol. The molecular weight excluding hydrogens is 516 g/mol. The summed E-state index contributed by atoms with van der Waals surface area (Å²) in [4.78, 5) is 39.3. The summed E-state index contributed by atoms with van der Waals surface area (Å²) in [5.74, 6) is -0.446. The van der Waals surface area contributed by atoms with Crippen LogP contribution in [0.15, 0.2) is 58.1 Å². The molecule has 0 radical (unpaired) electrons. The van der Waals surface area contributed by atoms with Crippen molar-refractivity contribution in [1.82, 2.24) is 4.90 Å². The van der Waals surface area contributed by atoms with Crippen LogP contribution in [0.5, 0.6) is 0 Å². The third kappa shape index (κ3) is 6.35. The fraction of sp³-hybridized carbons (Fsp3) is 0.346. The number of halogens is 6. The summed E-state index contributed by atoms with van der Waals surface area (Å²) in [6.45, 7) is 5.31. The van der Waals surface area contributed by atoms with E-state index in [0.717, 1.165) is 5.56 Å². The zero-order valence-electron chi connectivity index (χ0n) is 20.8. The molecule has 0 unspecified atom stereocenters. The number of amides is 1. The van der Waals surface area contributed by atoms with E-state index in [1.54, 1.807) is 40.0 Å². The van der Waals surface area contributed by atoms with E-state index in [1.807, 2.05) is 18.2 Å². The number of nitrogens with one attached hydrogen (secondary N) is 2. The predicted octanol–water partition coefficient (Wildman–Crippen LogP) is 5.55. The van der Waals surface area contributed by atoms with Gasteiger partial charge in [0, 0.05) is 19.3 Å². The molecule has 3 rings (SSSR count). The van der Waals surface area contributed by atoms with Crippen molar-refractivity contribution in [2.24, 2.45) is 5.41 Å². The monoisotopic (exact) mass is 541 g/mol. The quantitative estimate of drug-likeness (QED) is 0.303. The number of nitrogens with zero attached hydrogens (tertiary/aromatic N) is 1. The molecule has 12 heteroatoms. The molecule has 0 heterocycles. The second-order valence-corrected chi connectivity index (χ2v) is 9.95. The molecule has 204 valence electrons. The van der Waals surface area contributed by atoms with Crippen molar-refractivity contribution in [2.45, 2.75) is 45.7 Å². The third-order valence-corrected chi connectivity index (χ3v) is 5.81. The van der Waals surface area contributed by atoms with Crippen LogP contribution in [0.4, 0.5) is 43.4 Å². The minimum Gasteiger partial charge on any atom is -0.368 e. The Morgan fingerprint density at radius 3 is 1.82 bits per heavy atom. The van der Waals surface area contributed by atoms with Crippen LogP contribution in [0.25, 0.3) is 0 Å². The van der Waals surface area contributed by atoms with E-state index in [1.165, 1.54) is 4.90 Å². The zero-order valence-corrected chi connectivity index (χ0v) is 20.8. The summed E-state index contributed by atoms with van der Waals surface area (Å²) < 4.78 is 79.4. The normalized spacial score (nSPS) is 13.3. The van der Waals surface area contributed by atoms with Crippen molar-refractivity contribution in [2.75, 3.05) is 17.7 Å². The molecule has 0 aliphatic rings. The fourth-order valence-corrected chi connectivity index (χ4v) is 3.77. The zero-order chi connectivity index (χ0) is 28.6. The van der Waals surface area contributed by atoms with Gasteiger partial charge in [0.05, 0.1) is 11.1 Å². The van der Waals surface area contributed by atoms with E-state index in [2.05, 4.69) is 10.6 Å². The Morgan fingerprint density at radius 2 is 1.34 bits per heavy atom. The molecule has 0 saturated carbocycles. The second-order valence-electron chi connectivity index (χ2n) is 9.95. The largest absolute Gasteiger partial charge is 0.416 e. The maximum absolute atomic E-state index is 13.3. The first-order valence-corrected chi connectivity index (χ1v) is 11.3. The van der Waals surface area contributed by atoms with Gasteiger partial charge in [-0.3, -0.25) is 14.4 Å². The van der Waals surface area contributed by atoms with E-state index < -0.39 is 68.8 Å². The molecule has 0 saturated heterocycles. The minimum absolute atomic E-state index is 0.0522. The van der Waals surface area contributed by atoms with Crippen LogP contribution in [-0.2, 0) is 23.7 Å².